The Bertz CT molecular complexity index is 821. The number of para-hydroxylation sites is 1. The molecule has 1 aromatic heterocycles. The molecule has 2 aromatic carbocycles. The van der Waals surface area contributed by atoms with Crippen LogP contribution < -0.4 is 0 Å². The zero-order chi connectivity index (χ0) is 16.6. The maximum absolute atomic E-state index is 13.5. The Morgan fingerprint density at radius 2 is 1.96 bits per heavy atom. The molecule has 3 nitrogen and oxygen atoms in total. The van der Waals surface area contributed by atoms with Crippen LogP contribution in [0.4, 0.5) is 4.39 Å². The highest BCUT2D eigenvalue weighted by Crippen LogP contribution is 2.28. The van der Waals surface area contributed by atoms with Gasteiger partial charge >= 0.3 is 0 Å². The Kier molecular flexibility index (Phi) is 4.22. The summed E-state index contributed by atoms with van der Waals surface area (Å²) in [6, 6.07) is 13.5. The topological polar surface area (TPSA) is 33.5 Å². The van der Waals surface area contributed by atoms with Gasteiger partial charge in [-0.3, -0.25) is 4.79 Å². The van der Waals surface area contributed by atoms with Gasteiger partial charge in [0.05, 0.1) is 6.04 Å². The van der Waals surface area contributed by atoms with Gasteiger partial charge in [0.25, 0.3) is 5.91 Å². The summed E-state index contributed by atoms with van der Waals surface area (Å²) < 4.78 is 19.8. The molecule has 3 rings (SSSR count). The smallest absolute Gasteiger partial charge is 0.254 e. The SMILES string of the molecule is CC(c1cc2ccccc2o1)N(C)C(=O)c1cc(F)cc(Br)c1. The molecule has 0 saturated heterocycles. The van der Waals surface area contributed by atoms with Gasteiger partial charge in [-0.2, -0.15) is 0 Å². The monoisotopic (exact) mass is 375 g/mol. The van der Waals surface area contributed by atoms with Crippen molar-refractivity contribution in [1.82, 2.24) is 4.90 Å². The van der Waals surface area contributed by atoms with Gasteiger partial charge < -0.3 is 9.32 Å². The van der Waals surface area contributed by atoms with Crippen LogP contribution in [0, 0.1) is 5.82 Å². The molecule has 0 bridgehead atoms. The first-order valence-electron chi connectivity index (χ1n) is 7.17. The zero-order valence-electron chi connectivity index (χ0n) is 12.7. The average molecular weight is 376 g/mol. The molecular weight excluding hydrogens is 361 g/mol. The summed E-state index contributed by atoms with van der Waals surface area (Å²) in [5.41, 5.74) is 1.08. The minimum absolute atomic E-state index is 0.266. The summed E-state index contributed by atoms with van der Waals surface area (Å²) >= 11 is 3.21. The van der Waals surface area contributed by atoms with Crippen molar-refractivity contribution < 1.29 is 13.6 Å². The summed E-state index contributed by atoms with van der Waals surface area (Å²) in [4.78, 5) is 14.1. The van der Waals surface area contributed by atoms with Crippen molar-refractivity contribution in [3.05, 3.63) is 70.1 Å². The highest BCUT2D eigenvalue weighted by molar-refractivity contribution is 9.10. The normalized spacial score (nSPS) is 12.3. The van der Waals surface area contributed by atoms with Crippen LogP contribution in [0.2, 0.25) is 0 Å². The second-order valence-corrected chi connectivity index (χ2v) is 6.35. The molecule has 0 aliphatic carbocycles. The van der Waals surface area contributed by atoms with Gasteiger partial charge in [-0.25, -0.2) is 4.39 Å². The first-order chi connectivity index (χ1) is 11.0. The van der Waals surface area contributed by atoms with Crippen molar-refractivity contribution in [2.45, 2.75) is 13.0 Å². The lowest BCUT2D eigenvalue weighted by Gasteiger charge is -2.23. The third-order valence-electron chi connectivity index (χ3n) is 3.87. The first kappa shape index (κ1) is 15.7. The molecule has 1 unspecified atom stereocenters. The van der Waals surface area contributed by atoms with Crippen LogP contribution in [-0.2, 0) is 0 Å². The van der Waals surface area contributed by atoms with E-state index in [4.69, 9.17) is 4.42 Å². The maximum atomic E-state index is 13.5. The van der Waals surface area contributed by atoms with E-state index in [0.29, 0.717) is 15.8 Å². The lowest BCUT2D eigenvalue weighted by atomic mass is 10.1. The average Bonchev–Trinajstić information content (AvgIpc) is 2.95. The molecule has 23 heavy (non-hydrogen) atoms. The third-order valence-corrected chi connectivity index (χ3v) is 4.32. The fourth-order valence-corrected chi connectivity index (χ4v) is 2.92. The van der Waals surface area contributed by atoms with Gasteiger partial charge in [-0.05, 0) is 37.3 Å². The third kappa shape index (κ3) is 3.15. The number of furan rings is 1. The number of halogens is 2. The standard InChI is InChI=1S/C18H15BrFNO2/c1-11(17-9-12-5-3-4-6-16(12)23-17)21(2)18(22)13-7-14(19)10-15(20)8-13/h3-11H,1-2H3. The number of nitrogens with zero attached hydrogens (tertiary/aromatic N) is 1. The first-order valence-corrected chi connectivity index (χ1v) is 7.97. The fourth-order valence-electron chi connectivity index (χ4n) is 2.46. The molecule has 1 heterocycles. The Hall–Kier alpha value is -2.14. The number of benzene rings is 2. The van der Waals surface area contributed by atoms with Crippen molar-refractivity contribution in [2.24, 2.45) is 0 Å². The van der Waals surface area contributed by atoms with E-state index in [0.717, 1.165) is 11.0 Å². The van der Waals surface area contributed by atoms with Crippen LogP contribution in [0.15, 0.2) is 57.4 Å². The number of hydrogen-bond donors (Lipinski definition) is 0. The van der Waals surface area contributed by atoms with Crippen LogP contribution in [0.1, 0.15) is 29.1 Å². The minimum Gasteiger partial charge on any atom is -0.459 e. The predicted octanol–water partition coefficient (Wildman–Crippen LogP) is 5.17. The lowest BCUT2D eigenvalue weighted by molar-refractivity contribution is 0.0727. The second-order valence-electron chi connectivity index (χ2n) is 5.44. The highest BCUT2D eigenvalue weighted by Gasteiger charge is 2.22. The van der Waals surface area contributed by atoms with Crippen molar-refractivity contribution in [3.63, 3.8) is 0 Å². The van der Waals surface area contributed by atoms with Crippen molar-refractivity contribution in [2.75, 3.05) is 7.05 Å². The molecule has 5 heteroatoms. The Balaban J connectivity index is 1.88. The molecular formula is C18H15BrFNO2. The fraction of sp³-hybridized carbons (Fsp3) is 0.167. The lowest BCUT2D eigenvalue weighted by Crippen LogP contribution is -2.29. The summed E-state index contributed by atoms with van der Waals surface area (Å²) in [6.07, 6.45) is 0. The molecule has 0 spiro atoms. The van der Waals surface area contributed by atoms with Gasteiger partial charge in [-0.15, -0.1) is 0 Å². The number of carbonyl (C=O) groups is 1. The molecule has 0 N–H and O–H groups in total. The van der Waals surface area contributed by atoms with E-state index in [1.165, 1.54) is 12.1 Å². The van der Waals surface area contributed by atoms with Crippen LogP contribution in [0.25, 0.3) is 11.0 Å². The number of amides is 1. The minimum atomic E-state index is -0.451. The molecule has 0 aliphatic rings. The van der Waals surface area contributed by atoms with Gasteiger partial charge in [0.2, 0.25) is 0 Å². The molecule has 1 amide bonds. The largest absolute Gasteiger partial charge is 0.459 e. The van der Waals surface area contributed by atoms with E-state index in [2.05, 4.69) is 15.9 Å². The molecule has 1 atom stereocenters. The van der Waals surface area contributed by atoms with E-state index in [1.54, 1.807) is 18.0 Å². The Morgan fingerprint density at radius 3 is 2.65 bits per heavy atom. The van der Waals surface area contributed by atoms with Crippen LogP contribution in [-0.4, -0.2) is 17.9 Å². The van der Waals surface area contributed by atoms with Gasteiger partial charge in [0.1, 0.15) is 17.2 Å². The summed E-state index contributed by atoms with van der Waals surface area (Å²) in [5, 5.41) is 0.990. The molecule has 0 radical (unpaired) electrons. The van der Waals surface area contributed by atoms with Crippen molar-refractivity contribution in [3.8, 4) is 0 Å². The van der Waals surface area contributed by atoms with Crippen LogP contribution in [0.3, 0.4) is 0 Å². The van der Waals surface area contributed by atoms with E-state index in [-0.39, 0.29) is 11.9 Å². The number of hydrogen-bond acceptors (Lipinski definition) is 2. The van der Waals surface area contributed by atoms with E-state index in [1.807, 2.05) is 37.3 Å². The van der Waals surface area contributed by atoms with Crippen molar-refractivity contribution in [1.29, 1.82) is 0 Å². The van der Waals surface area contributed by atoms with E-state index < -0.39 is 5.82 Å². The van der Waals surface area contributed by atoms with Gasteiger partial charge in [0.15, 0.2) is 0 Å². The summed E-state index contributed by atoms with van der Waals surface area (Å²) in [6.45, 7) is 1.88. The van der Waals surface area contributed by atoms with Crippen LogP contribution >= 0.6 is 15.9 Å². The molecule has 0 aliphatic heterocycles. The number of fused-ring (bicyclic) bond motifs is 1. The van der Waals surface area contributed by atoms with Crippen LogP contribution in [0.5, 0.6) is 0 Å². The number of rotatable bonds is 3. The molecule has 118 valence electrons. The summed E-state index contributed by atoms with van der Waals surface area (Å²) in [7, 11) is 1.68. The summed E-state index contributed by atoms with van der Waals surface area (Å²) in [5.74, 6) is -0.0248. The Labute approximate surface area is 141 Å². The maximum Gasteiger partial charge on any atom is 0.254 e. The highest BCUT2D eigenvalue weighted by atomic mass is 79.9. The number of carbonyl (C=O) groups excluding carboxylic acids is 1. The van der Waals surface area contributed by atoms with E-state index >= 15 is 0 Å². The van der Waals surface area contributed by atoms with E-state index in [9.17, 15) is 9.18 Å². The molecule has 0 fully saturated rings. The van der Waals surface area contributed by atoms with Gasteiger partial charge in [0, 0.05) is 22.5 Å². The molecule has 0 saturated carbocycles. The Morgan fingerprint density at radius 1 is 1.22 bits per heavy atom. The predicted molar refractivity (Wildman–Crippen MR) is 90.8 cm³/mol. The second kappa shape index (κ2) is 6.16. The quantitative estimate of drug-likeness (QED) is 0.632. The van der Waals surface area contributed by atoms with Gasteiger partial charge in [-0.1, -0.05) is 34.1 Å². The van der Waals surface area contributed by atoms with Crippen molar-refractivity contribution >= 4 is 32.8 Å². The molecule has 3 aromatic rings. The zero-order valence-corrected chi connectivity index (χ0v) is 14.3.